The lowest BCUT2D eigenvalue weighted by molar-refractivity contribution is -0.133. The highest BCUT2D eigenvalue weighted by molar-refractivity contribution is 5.96. The highest BCUT2D eigenvalue weighted by Gasteiger charge is 2.27. The van der Waals surface area contributed by atoms with E-state index in [2.05, 4.69) is 16.9 Å². The molecule has 154 valence electrons. The highest BCUT2D eigenvalue weighted by Crippen LogP contribution is 2.24. The molecule has 7 heteroatoms. The molecule has 0 aromatic carbocycles. The average Bonchev–Trinajstić information content (AvgIpc) is 2.66. The lowest BCUT2D eigenvalue weighted by atomic mass is 9.92. The number of aromatic nitrogens is 1. The van der Waals surface area contributed by atoms with Crippen molar-refractivity contribution in [2.24, 2.45) is 5.92 Å². The molecule has 1 aromatic heterocycles. The molecule has 2 saturated heterocycles. The molecule has 3 rings (SSSR count). The van der Waals surface area contributed by atoms with Crippen LogP contribution in [0.2, 0.25) is 0 Å². The van der Waals surface area contributed by atoms with Gasteiger partial charge in [0.15, 0.2) is 0 Å². The number of carbonyl (C=O) groups excluding carboxylic acids is 2. The Labute approximate surface area is 166 Å². The second-order valence-corrected chi connectivity index (χ2v) is 8.30. The zero-order valence-corrected chi connectivity index (χ0v) is 17.3. The van der Waals surface area contributed by atoms with E-state index < -0.39 is 0 Å². The second-order valence-electron chi connectivity index (χ2n) is 8.30. The fourth-order valence-corrected chi connectivity index (χ4v) is 4.36. The normalized spacial score (nSPS) is 21.0. The summed E-state index contributed by atoms with van der Waals surface area (Å²) in [4.78, 5) is 46.0. The first-order valence-corrected chi connectivity index (χ1v) is 10.3. The molecule has 1 atom stereocenters. The quantitative estimate of drug-likeness (QED) is 0.846. The first kappa shape index (κ1) is 20.6. The molecule has 0 spiro atoms. The van der Waals surface area contributed by atoms with Crippen molar-refractivity contribution in [1.29, 1.82) is 0 Å². The topological polar surface area (TPSA) is 76.7 Å². The van der Waals surface area contributed by atoms with Gasteiger partial charge in [0, 0.05) is 57.4 Å². The smallest absolute Gasteiger partial charge is 0.255 e. The zero-order valence-electron chi connectivity index (χ0n) is 17.3. The number of carbonyl (C=O) groups is 2. The van der Waals surface area contributed by atoms with Gasteiger partial charge in [0.1, 0.15) is 0 Å². The minimum absolute atomic E-state index is 0.0126. The number of nitrogens with one attached hydrogen (secondary N) is 1. The number of pyridine rings is 1. The summed E-state index contributed by atoms with van der Waals surface area (Å²) in [6.07, 6.45) is 3.41. The van der Waals surface area contributed by atoms with Gasteiger partial charge in [-0.05, 0) is 51.6 Å². The van der Waals surface area contributed by atoms with E-state index in [0.717, 1.165) is 57.5 Å². The van der Waals surface area contributed by atoms with Crippen LogP contribution in [0.25, 0.3) is 0 Å². The van der Waals surface area contributed by atoms with E-state index in [1.54, 1.807) is 6.92 Å². The molecule has 2 fully saturated rings. The maximum atomic E-state index is 13.0. The number of likely N-dealkylation sites (N-methyl/N-ethyl adjacent to an activating group) is 1. The van der Waals surface area contributed by atoms with Crippen LogP contribution in [0, 0.1) is 19.8 Å². The number of H-pyrrole nitrogens is 1. The minimum atomic E-state index is -0.175. The number of likely N-dealkylation sites (tertiary alicyclic amines) is 1. The highest BCUT2D eigenvalue weighted by atomic mass is 16.2. The fourth-order valence-electron chi connectivity index (χ4n) is 4.36. The van der Waals surface area contributed by atoms with Gasteiger partial charge in [-0.2, -0.15) is 0 Å². The van der Waals surface area contributed by atoms with E-state index in [0.29, 0.717) is 30.1 Å². The summed E-state index contributed by atoms with van der Waals surface area (Å²) in [7, 11) is 2.08. The number of hydrogen-bond donors (Lipinski definition) is 1. The Bertz CT molecular complexity index is 754. The van der Waals surface area contributed by atoms with Crippen LogP contribution in [0.4, 0.5) is 0 Å². The van der Waals surface area contributed by atoms with Crippen molar-refractivity contribution in [2.45, 2.75) is 39.5 Å². The first-order chi connectivity index (χ1) is 13.3. The molecule has 2 aliphatic rings. The Balaban J connectivity index is 1.56. The fraction of sp³-hybridized carbons (Fsp3) is 0.667. The lowest BCUT2D eigenvalue weighted by Crippen LogP contribution is -2.47. The van der Waals surface area contributed by atoms with Gasteiger partial charge in [-0.15, -0.1) is 0 Å². The number of aromatic amines is 1. The molecule has 1 aromatic rings. The summed E-state index contributed by atoms with van der Waals surface area (Å²) in [5, 5.41) is 0. The van der Waals surface area contributed by atoms with Crippen molar-refractivity contribution in [3.05, 3.63) is 33.2 Å². The van der Waals surface area contributed by atoms with Crippen LogP contribution >= 0.6 is 0 Å². The molecule has 0 aliphatic carbocycles. The Hall–Kier alpha value is -2.15. The van der Waals surface area contributed by atoms with E-state index in [1.807, 2.05) is 16.7 Å². The van der Waals surface area contributed by atoms with Crippen molar-refractivity contribution in [2.75, 3.05) is 46.3 Å². The molecule has 28 heavy (non-hydrogen) atoms. The maximum Gasteiger partial charge on any atom is 0.255 e. The van der Waals surface area contributed by atoms with Gasteiger partial charge < -0.3 is 19.7 Å². The second kappa shape index (κ2) is 8.90. The van der Waals surface area contributed by atoms with Gasteiger partial charge in [0.05, 0.1) is 5.56 Å². The summed E-state index contributed by atoms with van der Waals surface area (Å²) in [6.45, 7) is 8.52. The third-order valence-corrected chi connectivity index (χ3v) is 6.07. The van der Waals surface area contributed by atoms with Gasteiger partial charge in [-0.25, -0.2) is 0 Å². The number of nitrogens with zero attached hydrogens (tertiary/aromatic N) is 3. The SMILES string of the molecule is Cc1cc(=O)[nH]c(C)c1C(=O)N1CCC[C@@H](CCC(=O)N2CCN(C)CC2)C1. The van der Waals surface area contributed by atoms with Gasteiger partial charge in [-0.3, -0.25) is 14.4 Å². The van der Waals surface area contributed by atoms with Crippen molar-refractivity contribution < 1.29 is 9.59 Å². The summed E-state index contributed by atoms with van der Waals surface area (Å²) in [6, 6.07) is 1.48. The van der Waals surface area contributed by atoms with Crippen LogP contribution in [0.3, 0.4) is 0 Å². The van der Waals surface area contributed by atoms with Gasteiger partial charge >= 0.3 is 0 Å². The van der Waals surface area contributed by atoms with Crippen molar-refractivity contribution in [3.8, 4) is 0 Å². The van der Waals surface area contributed by atoms with Gasteiger partial charge in [-0.1, -0.05) is 0 Å². The number of piperidine rings is 1. The van der Waals surface area contributed by atoms with Crippen LogP contribution in [0.1, 0.15) is 47.3 Å². The van der Waals surface area contributed by atoms with Crippen LogP contribution in [-0.4, -0.2) is 77.8 Å². The van der Waals surface area contributed by atoms with Crippen LogP contribution < -0.4 is 5.56 Å². The molecule has 2 aliphatic heterocycles. The number of piperazine rings is 1. The summed E-state index contributed by atoms with van der Waals surface area (Å²) < 4.78 is 0. The molecule has 1 N–H and O–H groups in total. The van der Waals surface area contributed by atoms with Crippen molar-refractivity contribution in [3.63, 3.8) is 0 Å². The largest absolute Gasteiger partial charge is 0.340 e. The summed E-state index contributed by atoms with van der Waals surface area (Å²) in [5.41, 5.74) is 1.78. The lowest BCUT2D eigenvalue weighted by Gasteiger charge is -2.35. The Kier molecular flexibility index (Phi) is 6.54. The number of hydrogen-bond acceptors (Lipinski definition) is 4. The summed E-state index contributed by atoms with van der Waals surface area (Å²) in [5.74, 6) is 0.586. The van der Waals surface area contributed by atoms with Crippen molar-refractivity contribution in [1.82, 2.24) is 19.7 Å². The molecule has 0 unspecified atom stereocenters. The van der Waals surface area contributed by atoms with E-state index in [-0.39, 0.29) is 17.4 Å². The molecular formula is C21H32N4O3. The monoisotopic (exact) mass is 388 g/mol. The summed E-state index contributed by atoms with van der Waals surface area (Å²) >= 11 is 0. The molecule has 3 heterocycles. The standard InChI is InChI=1S/C21H32N4O3/c1-15-13-18(26)22-16(2)20(15)21(28)25-8-4-5-17(14-25)6-7-19(27)24-11-9-23(3)10-12-24/h13,17H,4-12,14H2,1-3H3,(H,22,26)/t17-/m0/s1. The predicted molar refractivity (Wildman–Crippen MR) is 108 cm³/mol. The zero-order chi connectivity index (χ0) is 20.3. The van der Waals surface area contributed by atoms with Crippen LogP contribution in [0.5, 0.6) is 0 Å². The Morgan fingerprint density at radius 3 is 2.50 bits per heavy atom. The van der Waals surface area contributed by atoms with E-state index >= 15 is 0 Å². The first-order valence-electron chi connectivity index (χ1n) is 10.3. The molecule has 0 bridgehead atoms. The van der Waals surface area contributed by atoms with Gasteiger partial charge in [0.2, 0.25) is 11.5 Å². The molecule has 0 radical (unpaired) electrons. The third kappa shape index (κ3) is 4.82. The predicted octanol–water partition coefficient (Wildman–Crippen LogP) is 1.40. The molecule has 7 nitrogen and oxygen atoms in total. The minimum Gasteiger partial charge on any atom is -0.340 e. The van der Waals surface area contributed by atoms with E-state index in [9.17, 15) is 14.4 Å². The Morgan fingerprint density at radius 2 is 1.82 bits per heavy atom. The maximum absolute atomic E-state index is 13.0. The van der Waals surface area contributed by atoms with Crippen molar-refractivity contribution >= 4 is 11.8 Å². The third-order valence-electron chi connectivity index (χ3n) is 6.07. The average molecular weight is 389 g/mol. The Morgan fingerprint density at radius 1 is 1.11 bits per heavy atom. The van der Waals surface area contributed by atoms with Gasteiger partial charge in [0.25, 0.3) is 5.91 Å². The molecular weight excluding hydrogens is 356 g/mol. The van der Waals surface area contributed by atoms with Crippen LogP contribution in [-0.2, 0) is 4.79 Å². The van der Waals surface area contributed by atoms with Crippen LogP contribution in [0.15, 0.2) is 10.9 Å². The number of aryl methyl sites for hydroxylation is 2. The van der Waals surface area contributed by atoms with E-state index in [1.165, 1.54) is 6.07 Å². The number of rotatable bonds is 4. The molecule has 0 saturated carbocycles. The van der Waals surface area contributed by atoms with E-state index in [4.69, 9.17) is 0 Å². The number of amides is 2. The molecule has 2 amide bonds.